The second-order valence-corrected chi connectivity index (χ2v) is 4.68. The van der Waals surface area contributed by atoms with Crippen LogP contribution in [-0.4, -0.2) is 43.3 Å². The first-order chi connectivity index (χ1) is 8.27. The molecule has 1 saturated heterocycles. The number of ether oxygens (including phenoxy) is 1. The Kier molecular flexibility index (Phi) is 7.01. The van der Waals surface area contributed by atoms with Crippen LogP contribution in [-0.2, 0) is 4.74 Å². The number of hydrogen-bond acceptors (Lipinski definition) is 2. The van der Waals surface area contributed by atoms with Crippen molar-refractivity contribution in [1.29, 1.82) is 0 Å². The van der Waals surface area contributed by atoms with Crippen molar-refractivity contribution < 1.29 is 9.53 Å². The topological polar surface area (TPSA) is 41.6 Å². The minimum absolute atomic E-state index is 0.0860. The van der Waals surface area contributed by atoms with E-state index >= 15 is 0 Å². The third-order valence-corrected chi connectivity index (χ3v) is 3.17. The molecule has 0 spiro atoms. The van der Waals surface area contributed by atoms with Crippen molar-refractivity contribution in [1.82, 2.24) is 10.2 Å². The van der Waals surface area contributed by atoms with Gasteiger partial charge < -0.3 is 15.0 Å². The molecule has 4 heteroatoms. The van der Waals surface area contributed by atoms with E-state index in [1.165, 1.54) is 12.8 Å². The Hall–Kier alpha value is -0.770. The van der Waals surface area contributed by atoms with Gasteiger partial charge in [-0.2, -0.15) is 0 Å². The zero-order valence-electron chi connectivity index (χ0n) is 11.2. The van der Waals surface area contributed by atoms with Crippen molar-refractivity contribution in [2.45, 2.75) is 52.0 Å². The Labute approximate surface area is 105 Å². The number of unbranched alkanes of at least 4 members (excludes halogenated alkanes) is 1. The number of rotatable bonds is 6. The molecule has 0 aliphatic carbocycles. The standard InChI is InChI=1S/C13H26N2O2/c1-3-5-7-12(6-4-2)14-13(16)15-8-10-17-11-9-15/h12H,3-11H2,1-2H3,(H,14,16)/t12-/m0/s1. The largest absolute Gasteiger partial charge is 0.378 e. The molecular formula is C13H26N2O2. The first-order valence-corrected chi connectivity index (χ1v) is 6.91. The van der Waals surface area contributed by atoms with Crippen molar-refractivity contribution in [3.8, 4) is 0 Å². The summed E-state index contributed by atoms with van der Waals surface area (Å²) in [6, 6.07) is 0.429. The Balaban J connectivity index is 2.33. The number of urea groups is 1. The Bertz CT molecular complexity index is 215. The Morgan fingerprint density at radius 1 is 1.24 bits per heavy atom. The zero-order valence-corrected chi connectivity index (χ0v) is 11.2. The Morgan fingerprint density at radius 2 is 1.94 bits per heavy atom. The molecular weight excluding hydrogens is 216 g/mol. The van der Waals surface area contributed by atoms with Crippen molar-refractivity contribution in [2.24, 2.45) is 0 Å². The van der Waals surface area contributed by atoms with Gasteiger partial charge in [-0.05, 0) is 12.8 Å². The molecule has 1 aliphatic heterocycles. The van der Waals surface area contributed by atoms with Gasteiger partial charge in [0.05, 0.1) is 13.2 Å². The van der Waals surface area contributed by atoms with Crippen LogP contribution in [0.2, 0.25) is 0 Å². The lowest BCUT2D eigenvalue weighted by molar-refractivity contribution is 0.0523. The van der Waals surface area contributed by atoms with Gasteiger partial charge in [0, 0.05) is 19.1 Å². The lowest BCUT2D eigenvalue weighted by Crippen LogP contribution is -2.49. The van der Waals surface area contributed by atoms with Crippen LogP contribution in [0.3, 0.4) is 0 Å². The molecule has 0 aromatic rings. The normalized spacial score (nSPS) is 17.9. The van der Waals surface area contributed by atoms with Gasteiger partial charge in [0.1, 0.15) is 0 Å². The molecule has 4 nitrogen and oxygen atoms in total. The van der Waals surface area contributed by atoms with E-state index in [2.05, 4.69) is 19.2 Å². The number of morpholine rings is 1. The summed E-state index contributed by atoms with van der Waals surface area (Å²) in [6.07, 6.45) is 5.68. The van der Waals surface area contributed by atoms with Crippen LogP contribution in [0.1, 0.15) is 46.0 Å². The highest BCUT2D eigenvalue weighted by Crippen LogP contribution is 2.08. The van der Waals surface area contributed by atoms with Crippen molar-refractivity contribution in [3.05, 3.63) is 0 Å². The number of carbonyl (C=O) groups excluding carboxylic acids is 1. The summed E-state index contributed by atoms with van der Waals surface area (Å²) in [7, 11) is 0. The van der Waals surface area contributed by atoms with Crippen LogP contribution in [0.25, 0.3) is 0 Å². The van der Waals surface area contributed by atoms with Crippen LogP contribution in [0.15, 0.2) is 0 Å². The zero-order chi connectivity index (χ0) is 12.5. The highest BCUT2D eigenvalue weighted by Gasteiger charge is 2.19. The minimum atomic E-state index is 0.0860. The third-order valence-electron chi connectivity index (χ3n) is 3.17. The maximum absolute atomic E-state index is 12.0. The average Bonchev–Trinajstić information content (AvgIpc) is 2.37. The van der Waals surface area contributed by atoms with Gasteiger partial charge in [-0.1, -0.05) is 33.1 Å². The summed E-state index contributed by atoms with van der Waals surface area (Å²) >= 11 is 0. The third kappa shape index (κ3) is 5.39. The molecule has 0 radical (unpaired) electrons. The number of nitrogens with one attached hydrogen (secondary N) is 1. The summed E-state index contributed by atoms with van der Waals surface area (Å²) in [4.78, 5) is 13.9. The summed E-state index contributed by atoms with van der Waals surface area (Å²) in [5.41, 5.74) is 0. The monoisotopic (exact) mass is 242 g/mol. The van der Waals surface area contributed by atoms with Crippen LogP contribution in [0.5, 0.6) is 0 Å². The SMILES string of the molecule is CCCC[C@H](CCC)NC(=O)N1CCOCC1. The number of amides is 2. The lowest BCUT2D eigenvalue weighted by Gasteiger charge is -2.29. The summed E-state index contributed by atoms with van der Waals surface area (Å²) in [5, 5.41) is 3.15. The molecule has 2 amide bonds. The Morgan fingerprint density at radius 3 is 2.53 bits per heavy atom. The molecule has 1 aliphatic rings. The van der Waals surface area contributed by atoms with Crippen LogP contribution in [0.4, 0.5) is 4.79 Å². The fourth-order valence-corrected chi connectivity index (χ4v) is 2.12. The van der Waals surface area contributed by atoms with E-state index in [1.54, 1.807) is 0 Å². The first kappa shape index (κ1) is 14.3. The van der Waals surface area contributed by atoms with Gasteiger partial charge in [-0.3, -0.25) is 0 Å². The van der Waals surface area contributed by atoms with Gasteiger partial charge in [0.2, 0.25) is 0 Å². The van der Waals surface area contributed by atoms with Gasteiger partial charge in [0.15, 0.2) is 0 Å². The molecule has 0 aromatic carbocycles. The van der Waals surface area contributed by atoms with Crippen LogP contribution >= 0.6 is 0 Å². The molecule has 0 unspecified atom stereocenters. The van der Waals surface area contributed by atoms with Crippen molar-refractivity contribution in [3.63, 3.8) is 0 Å². The molecule has 0 aromatic heterocycles. The average molecular weight is 242 g/mol. The van der Waals surface area contributed by atoms with E-state index in [0.29, 0.717) is 19.3 Å². The van der Waals surface area contributed by atoms with E-state index in [9.17, 15) is 4.79 Å². The number of carbonyl (C=O) groups is 1. The molecule has 1 heterocycles. The summed E-state index contributed by atoms with van der Waals surface area (Å²) < 4.78 is 5.25. The quantitative estimate of drug-likeness (QED) is 0.777. The van der Waals surface area contributed by atoms with Crippen molar-refractivity contribution in [2.75, 3.05) is 26.3 Å². The van der Waals surface area contributed by atoms with E-state index in [1.807, 2.05) is 4.90 Å². The molecule has 1 N–H and O–H groups in total. The number of hydrogen-bond donors (Lipinski definition) is 1. The fourth-order valence-electron chi connectivity index (χ4n) is 2.12. The fraction of sp³-hybridized carbons (Fsp3) is 0.923. The predicted molar refractivity (Wildman–Crippen MR) is 69.1 cm³/mol. The molecule has 1 atom stereocenters. The van der Waals surface area contributed by atoms with Gasteiger partial charge in [-0.25, -0.2) is 4.79 Å². The highest BCUT2D eigenvalue weighted by molar-refractivity contribution is 5.74. The molecule has 100 valence electrons. The number of nitrogens with zero attached hydrogens (tertiary/aromatic N) is 1. The second-order valence-electron chi connectivity index (χ2n) is 4.68. The maximum Gasteiger partial charge on any atom is 0.317 e. The van der Waals surface area contributed by atoms with Gasteiger partial charge >= 0.3 is 6.03 Å². The van der Waals surface area contributed by atoms with E-state index in [4.69, 9.17) is 4.74 Å². The van der Waals surface area contributed by atoms with E-state index in [0.717, 1.165) is 32.4 Å². The smallest absolute Gasteiger partial charge is 0.317 e. The molecule has 1 rings (SSSR count). The second kappa shape index (κ2) is 8.34. The van der Waals surface area contributed by atoms with E-state index < -0.39 is 0 Å². The molecule has 0 bridgehead atoms. The maximum atomic E-state index is 12.0. The highest BCUT2D eigenvalue weighted by atomic mass is 16.5. The first-order valence-electron chi connectivity index (χ1n) is 6.91. The summed E-state index contributed by atoms with van der Waals surface area (Å²) in [6.45, 7) is 7.13. The molecule has 0 saturated carbocycles. The molecule has 17 heavy (non-hydrogen) atoms. The van der Waals surface area contributed by atoms with Crippen LogP contribution < -0.4 is 5.32 Å². The lowest BCUT2D eigenvalue weighted by atomic mass is 10.1. The predicted octanol–water partition coefficient (Wildman–Crippen LogP) is 2.39. The van der Waals surface area contributed by atoms with E-state index in [-0.39, 0.29) is 6.03 Å². The van der Waals surface area contributed by atoms with Crippen molar-refractivity contribution >= 4 is 6.03 Å². The summed E-state index contributed by atoms with van der Waals surface area (Å²) in [5.74, 6) is 0. The van der Waals surface area contributed by atoms with Crippen LogP contribution in [0, 0.1) is 0 Å². The van der Waals surface area contributed by atoms with Gasteiger partial charge in [-0.15, -0.1) is 0 Å². The van der Waals surface area contributed by atoms with Gasteiger partial charge in [0.25, 0.3) is 0 Å². The minimum Gasteiger partial charge on any atom is -0.378 e. The molecule has 1 fully saturated rings.